The second kappa shape index (κ2) is 8.72. The van der Waals surface area contributed by atoms with Gasteiger partial charge in [-0.1, -0.05) is 12.1 Å². The molecule has 0 bridgehead atoms. The van der Waals surface area contributed by atoms with Gasteiger partial charge in [0.2, 0.25) is 5.91 Å². The summed E-state index contributed by atoms with van der Waals surface area (Å²) in [7, 11) is 0. The first-order valence-electron chi connectivity index (χ1n) is 11.2. The molecule has 2 aromatic rings. The molecular formula is C25H24F3N3O5. The number of rotatable bonds is 4. The van der Waals surface area contributed by atoms with E-state index in [4.69, 9.17) is 4.74 Å². The molecule has 0 spiro atoms. The molecule has 1 fully saturated rings. The largest absolute Gasteiger partial charge is 0.458 e. The molecule has 0 aliphatic carbocycles. The smallest absolute Gasteiger partial charge is 0.416 e. The molecule has 3 heterocycles. The number of esters is 1. The lowest BCUT2D eigenvalue weighted by atomic mass is 9.99. The van der Waals surface area contributed by atoms with Gasteiger partial charge >= 0.3 is 12.1 Å². The molecule has 3 amide bonds. The van der Waals surface area contributed by atoms with Crippen LogP contribution >= 0.6 is 0 Å². The number of fused-ring (bicyclic) bond motifs is 1. The van der Waals surface area contributed by atoms with E-state index in [1.165, 1.54) is 19.1 Å². The number of benzene rings is 1. The molecule has 1 saturated heterocycles. The number of aryl methyl sites for hydroxylation is 1. The number of aromatic nitrogens is 1. The van der Waals surface area contributed by atoms with E-state index >= 15 is 0 Å². The first-order valence-corrected chi connectivity index (χ1v) is 11.2. The number of amides is 3. The van der Waals surface area contributed by atoms with Crippen LogP contribution < -0.4 is 4.90 Å². The summed E-state index contributed by atoms with van der Waals surface area (Å²) >= 11 is 0. The summed E-state index contributed by atoms with van der Waals surface area (Å²) in [6, 6.07) is 6.37. The van der Waals surface area contributed by atoms with Gasteiger partial charge in [-0.3, -0.25) is 24.2 Å². The van der Waals surface area contributed by atoms with Crippen molar-refractivity contribution < 1.29 is 37.1 Å². The van der Waals surface area contributed by atoms with Gasteiger partial charge in [-0.2, -0.15) is 13.2 Å². The Labute approximate surface area is 205 Å². The van der Waals surface area contributed by atoms with Crippen molar-refractivity contribution in [2.45, 2.75) is 51.9 Å². The van der Waals surface area contributed by atoms with Crippen molar-refractivity contribution >= 4 is 29.5 Å². The average Bonchev–Trinajstić information content (AvgIpc) is 3.21. The van der Waals surface area contributed by atoms with E-state index in [0.29, 0.717) is 6.07 Å². The number of imide groups is 1. The summed E-state index contributed by atoms with van der Waals surface area (Å²) in [5, 5.41) is 0. The second-order valence-electron chi connectivity index (χ2n) is 9.83. The number of halogens is 3. The lowest BCUT2D eigenvalue weighted by molar-refractivity contribution is -0.157. The van der Waals surface area contributed by atoms with E-state index < -0.39 is 53.0 Å². The van der Waals surface area contributed by atoms with Crippen molar-refractivity contribution in [1.82, 2.24) is 9.88 Å². The van der Waals surface area contributed by atoms with Crippen LogP contribution in [0.25, 0.3) is 0 Å². The maximum atomic E-state index is 13.5. The number of hydrogen-bond donors (Lipinski definition) is 0. The van der Waals surface area contributed by atoms with E-state index in [0.717, 1.165) is 15.9 Å². The molecule has 1 aromatic heterocycles. The average molecular weight is 503 g/mol. The standard InChI is InChI=1S/C25H24F3N3O5/c1-13-9-15(25(26,27)28)11-18(29-13)31-19(32)10-14(20(31)23(35)36-24(2,3)4)12-30-21(33)16-7-5-6-8-17(16)22(30)34/h5-9,11,14,20H,10,12H2,1-4H3/t14-,20+/m1/s1. The molecule has 0 saturated carbocycles. The highest BCUT2D eigenvalue weighted by Gasteiger charge is 2.50. The van der Waals surface area contributed by atoms with Gasteiger partial charge in [-0.25, -0.2) is 9.78 Å². The van der Waals surface area contributed by atoms with Crippen molar-refractivity contribution in [2.24, 2.45) is 5.92 Å². The van der Waals surface area contributed by atoms with Crippen molar-refractivity contribution in [2.75, 3.05) is 11.4 Å². The van der Waals surface area contributed by atoms with Crippen LogP contribution in [0.5, 0.6) is 0 Å². The lowest BCUT2D eigenvalue weighted by Crippen LogP contribution is -2.48. The molecule has 0 unspecified atom stereocenters. The predicted octanol–water partition coefficient (Wildman–Crippen LogP) is 3.77. The third-order valence-electron chi connectivity index (χ3n) is 5.89. The number of anilines is 1. The fourth-order valence-electron chi connectivity index (χ4n) is 4.47. The second-order valence-corrected chi connectivity index (χ2v) is 9.83. The molecule has 1 aromatic carbocycles. The number of nitrogens with zero attached hydrogens (tertiary/aromatic N) is 3. The minimum Gasteiger partial charge on any atom is -0.458 e. The Morgan fingerprint density at radius 2 is 1.64 bits per heavy atom. The van der Waals surface area contributed by atoms with Crippen LogP contribution in [-0.2, 0) is 20.5 Å². The summed E-state index contributed by atoms with van der Waals surface area (Å²) in [5.41, 5.74) is -1.59. The summed E-state index contributed by atoms with van der Waals surface area (Å²) in [6.45, 7) is 5.88. The van der Waals surface area contributed by atoms with Gasteiger partial charge in [-0.05, 0) is 52.0 Å². The summed E-state index contributed by atoms with van der Waals surface area (Å²) in [4.78, 5) is 58.1. The van der Waals surface area contributed by atoms with Crippen LogP contribution in [0.1, 0.15) is 59.2 Å². The molecule has 190 valence electrons. The predicted molar refractivity (Wildman–Crippen MR) is 121 cm³/mol. The van der Waals surface area contributed by atoms with Crippen molar-refractivity contribution in [1.29, 1.82) is 0 Å². The SMILES string of the molecule is Cc1cc(C(F)(F)F)cc(N2C(=O)C[C@H](CN3C(=O)c4ccccc4C3=O)[C@H]2C(=O)OC(C)(C)C)n1. The maximum absolute atomic E-state index is 13.5. The molecule has 0 radical (unpaired) electrons. The van der Waals surface area contributed by atoms with E-state index in [2.05, 4.69) is 4.98 Å². The Morgan fingerprint density at radius 1 is 1.06 bits per heavy atom. The number of ether oxygens (including phenoxy) is 1. The normalized spacial score (nSPS) is 20.2. The first-order chi connectivity index (χ1) is 16.7. The summed E-state index contributed by atoms with van der Waals surface area (Å²) in [6.07, 6.45) is -5.00. The van der Waals surface area contributed by atoms with Gasteiger partial charge in [0.1, 0.15) is 17.5 Å². The summed E-state index contributed by atoms with van der Waals surface area (Å²) in [5.74, 6) is -3.96. The van der Waals surface area contributed by atoms with E-state index in [1.54, 1.807) is 32.9 Å². The molecule has 36 heavy (non-hydrogen) atoms. The van der Waals surface area contributed by atoms with E-state index in [-0.39, 0.29) is 35.6 Å². The molecule has 8 nitrogen and oxygen atoms in total. The number of carbonyl (C=O) groups is 4. The Morgan fingerprint density at radius 3 is 2.17 bits per heavy atom. The minimum atomic E-state index is -4.70. The molecule has 2 aliphatic heterocycles. The Hall–Kier alpha value is -3.76. The van der Waals surface area contributed by atoms with Crippen LogP contribution in [0.2, 0.25) is 0 Å². The van der Waals surface area contributed by atoms with Crippen molar-refractivity contribution in [3.8, 4) is 0 Å². The fourth-order valence-corrected chi connectivity index (χ4v) is 4.47. The number of alkyl halides is 3. The molecular weight excluding hydrogens is 479 g/mol. The zero-order valence-electron chi connectivity index (χ0n) is 20.0. The van der Waals surface area contributed by atoms with Gasteiger partial charge in [-0.15, -0.1) is 0 Å². The monoisotopic (exact) mass is 503 g/mol. The quantitative estimate of drug-likeness (QED) is 0.466. The molecule has 0 N–H and O–H groups in total. The third kappa shape index (κ3) is 4.69. The van der Waals surface area contributed by atoms with Crippen LogP contribution in [0.15, 0.2) is 36.4 Å². The maximum Gasteiger partial charge on any atom is 0.416 e. The first kappa shape index (κ1) is 25.3. The van der Waals surface area contributed by atoms with Gasteiger partial charge in [0, 0.05) is 24.6 Å². The Kier molecular flexibility index (Phi) is 6.14. The number of hydrogen-bond acceptors (Lipinski definition) is 6. The van der Waals surface area contributed by atoms with Gasteiger partial charge in [0.25, 0.3) is 11.8 Å². The van der Waals surface area contributed by atoms with Crippen LogP contribution in [0.4, 0.5) is 19.0 Å². The number of pyridine rings is 1. The lowest BCUT2D eigenvalue weighted by Gasteiger charge is -2.31. The molecule has 2 atom stereocenters. The fraction of sp³-hybridized carbons (Fsp3) is 0.400. The van der Waals surface area contributed by atoms with Crippen molar-refractivity contribution in [3.05, 3.63) is 58.8 Å². The topological polar surface area (TPSA) is 96.9 Å². The third-order valence-corrected chi connectivity index (χ3v) is 5.89. The zero-order valence-corrected chi connectivity index (χ0v) is 20.0. The highest BCUT2D eigenvalue weighted by molar-refractivity contribution is 6.21. The minimum absolute atomic E-state index is 0.000591. The summed E-state index contributed by atoms with van der Waals surface area (Å²) < 4.78 is 45.9. The van der Waals surface area contributed by atoms with Crippen LogP contribution in [0.3, 0.4) is 0 Å². The van der Waals surface area contributed by atoms with Gasteiger partial charge < -0.3 is 4.74 Å². The molecule has 11 heteroatoms. The highest BCUT2D eigenvalue weighted by atomic mass is 19.4. The zero-order chi connectivity index (χ0) is 26.6. The Balaban J connectivity index is 1.73. The number of carbonyl (C=O) groups excluding carboxylic acids is 4. The molecule has 2 aliphatic rings. The highest BCUT2D eigenvalue weighted by Crippen LogP contribution is 2.37. The van der Waals surface area contributed by atoms with Gasteiger partial charge in [0.05, 0.1) is 16.7 Å². The van der Waals surface area contributed by atoms with E-state index in [1.807, 2.05) is 0 Å². The molecule has 4 rings (SSSR count). The van der Waals surface area contributed by atoms with Crippen LogP contribution in [0, 0.1) is 12.8 Å². The van der Waals surface area contributed by atoms with Crippen molar-refractivity contribution in [3.63, 3.8) is 0 Å². The van der Waals surface area contributed by atoms with Gasteiger partial charge in [0.15, 0.2) is 0 Å². The van der Waals surface area contributed by atoms with E-state index in [9.17, 15) is 32.3 Å². The Bertz CT molecular complexity index is 1230. The van der Waals surface area contributed by atoms with Crippen LogP contribution in [-0.4, -0.2) is 51.8 Å².